The fraction of sp³-hybridized carbons (Fsp3) is 0.389. The Balaban J connectivity index is 2.22. The summed E-state index contributed by atoms with van der Waals surface area (Å²) in [6.07, 6.45) is 0.507. The lowest BCUT2D eigenvalue weighted by Gasteiger charge is -2.15. The molecule has 150 valence electrons. The van der Waals surface area contributed by atoms with Crippen LogP contribution in [0.15, 0.2) is 27.8 Å². The van der Waals surface area contributed by atoms with Gasteiger partial charge < -0.3 is 10.4 Å². The van der Waals surface area contributed by atoms with E-state index in [9.17, 15) is 14.7 Å². The Labute approximate surface area is 170 Å². The molecular formula is C18H21Cl2N5O3. The maximum Gasteiger partial charge on any atom is 0.332 e. The number of hydrogen-bond acceptors (Lipinski definition) is 5. The Morgan fingerprint density at radius 1 is 1.18 bits per heavy atom. The molecule has 10 heteroatoms. The SMILES string of the molecule is C[C@@H](CCO)Nc1nc2c(c(=O)n(C)c(=O)n2C)n1Cc1ccc(Cl)c(Cl)c1. The second kappa shape index (κ2) is 7.98. The molecule has 0 aliphatic rings. The van der Waals surface area contributed by atoms with E-state index in [1.165, 1.54) is 11.6 Å². The van der Waals surface area contributed by atoms with Crippen LogP contribution in [-0.4, -0.2) is 36.4 Å². The highest BCUT2D eigenvalue weighted by molar-refractivity contribution is 6.42. The zero-order valence-electron chi connectivity index (χ0n) is 15.7. The Kier molecular flexibility index (Phi) is 5.83. The van der Waals surface area contributed by atoms with Crippen molar-refractivity contribution in [2.45, 2.75) is 25.9 Å². The van der Waals surface area contributed by atoms with Crippen LogP contribution in [0.2, 0.25) is 10.0 Å². The van der Waals surface area contributed by atoms with Crippen molar-refractivity contribution in [3.05, 3.63) is 54.6 Å². The highest BCUT2D eigenvalue weighted by Gasteiger charge is 2.20. The van der Waals surface area contributed by atoms with Crippen LogP contribution in [0.4, 0.5) is 5.95 Å². The van der Waals surface area contributed by atoms with Gasteiger partial charge in [0.05, 0.1) is 16.6 Å². The Morgan fingerprint density at radius 2 is 1.89 bits per heavy atom. The van der Waals surface area contributed by atoms with Gasteiger partial charge in [-0.05, 0) is 31.0 Å². The van der Waals surface area contributed by atoms with E-state index in [-0.39, 0.29) is 18.3 Å². The third-order valence-corrected chi connectivity index (χ3v) is 5.35. The van der Waals surface area contributed by atoms with Crippen molar-refractivity contribution in [3.8, 4) is 0 Å². The molecule has 8 nitrogen and oxygen atoms in total. The van der Waals surface area contributed by atoms with E-state index in [0.717, 1.165) is 10.1 Å². The number of imidazole rings is 1. The van der Waals surface area contributed by atoms with Gasteiger partial charge in [-0.15, -0.1) is 0 Å². The number of aliphatic hydroxyl groups is 1. The minimum absolute atomic E-state index is 0.0153. The fourth-order valence-electron chi connectivity index (χ4n) is 3.02. The van der Waals surface area contributed by atoms with Crippen molar-refractivity contribution >= 4 is 40.3 Å². The quantitative estimate of drug-likeness (QED) is 0.629. The van der Waals surface area contributed by atoms with E-state index in [4.69, 9.17) is 23.2 Å². The molecule has 28 heavy (non-hydrogen) atoms. The first-order chi connectivity index (χ1) is 13.2. The van der Waals surface area contributed by atoms with Gasteiger partial charge in [-0.3, -0.25) is 18.5 Å². The number of rotatable bonds is 6. The predicted octanol–water partition coefficient (Wildman–Crippen LogP) is 1.97. The monoisotopic (exact) mass is 425 g/mol. The van der Waals surface area contributed by atoms with Gasteiger partial charge in [0.15, 0.2) is 11.2 Å². The number of halogens is 2. The first kappa shape index (κ1) is 20.4. The molecular weight excluding hydrogens is 405 g/mol. The third-order valence-electron chi connectivity index (χ3n) is 4.61. The van der Waals surface area contributed by atoms with Crippen molar-refractivity contribution in [2.24, 2.45) is 14.1 Å². The molecule has 0 aliphatic heterocycles. The molecule has 0 fully saturated rings. The summed E-state index contributed by atoms with van der Waals surface area (Å²) in [5.74, 6) is 0.431. The van der Waals surface area contributed by atoms with Gasteiger partial charge in [-0.25, -0.2) is 4.79 Å². The number of aliphatic hydroxyl groups excluding tert-OH is 1. The number of anilines is 1. The van der Waals surface area contributed by atoms with E-state index in [0.29, 0.717) is 34.5 Å². The molecule has 2 heterocycles. The van der Waals surface area contributed by atoms with Gasteiger partial charge in [0.1, 0.15) is 0 Å². The summed E-state index contributed by atoms with van der Waals surface area (Å²) in [5.41, 5.74) is 0.517. The van der Waals surface area contributed by atoms with Gasteiger partial charge in [0, 0.05) is 26.7 Å². The van der Waals surface area contributed by atoms with Crippen LogP contribution in [0, 0.1) is 0 Å². The number of hydrogen-bond donors (Lipinski definition) is 2. The van der Waals surface area contributed by atoms with Crippen LogP contribution < -0.4 is 16.6 Å². The highest BCUT2D eigenvalue weighted by Crippen LogP contribution is 2.25. The third kappa shape index (κ3) is 3.67. The van der Waals surface area contributed by atoms with Gasteiger partial charge in [0.2, 0.25) is 5.95 Å². The highest BCUT2D eigenvalue weighted by atomic mass is 35.5. The molecule has 0 saturated heterocycles. The van der Waals surface area contributed by atoms with Crippen LogP contribution in [0.5, 0.6) is 0 Å². The van der Waals surface area contributed by atoms with E-state index in [1.807, 2.05) is 13.0 Å². The minimum atomic E-state index is -0.452. The second-order valence-corrected chi connectivity index (χ2v) is 7.52. The minimum Gasteiger partial charge on any atom is -0.396 e. The van der Waals surface area contributed by atoms with Crippen LogP contribution in [0.3, 0.4) is 0 Å². The summed E-state index contributed by atoms with van der Waals surface area (Å²) >= 11 is 12.1. The fourth-order valence-corrected chi connectivity index (χ4v) is 3.34. The predicted molar refractivity (Wildman–Crippen MR) is 111 cm³/mol. The van der Waals surface area contributed by atoms with Gasteiger partial charge in [0.25, 0.3) is 5.56 Å². The lowest BCUT2D eigenvalue weighted by Crippen LogP contribution is -2.37. The maximum atomic E-state index is 12.8. The van der Waals surface area contributed by atoms with E-state index in [2.05, 4.69) is 10.3 Å². The van der Waals surface area contributed by atoms with E-state index in [1.54, 1.807) is 23.7 Å². The van der Waals surface area contributed by atoms with Crippen molar-refractivity contribution < 1.29 is 5.11 Å². The number of aryl methyl sites for hydroxylation is 1. The molecule has 0 aliphatic carbocycles. The number of nitrogens with zero attached hydrogens (tertiary/aromatic N) is 4. The van der Waals surface area contributed by atoms with Crippen molar-refractivity contribution in [3.63, 3.8) is 0 Å². The molecule has 3 rings (SSSR count). The topological polar surface area (TPSA) is 94.1 Å². The average molecular weight is 426 g/mol. The Hall–Kier alpha value is -2.29. The first-order valence-corrected chi connectivity index (χ1v) is 9.47. The summed E-state index contributed by atoms with van der Waals surface area (Å²) in [6, 6.07) is 5.14. The summed E-state index contributed by atoms with van der Waals surface area (Å²) in [5, 5.41) is 13.2. The summed E-state index contributed by atoms with van der Waals surface area (Å²) in [7, 11) is 3.00. The zero-order chi connectivity index (χ0) is 20.6. The molecule has 0 spiro atoms. The van der Waals surface area contributed by atoms with Crippen LogP contribution >= 0.6 is 23.2 Å². The standard InChI is InChI=1S/C18H21Cl2N5O3/c1-10(6-7-26)21-17-22-15-14(16(27)24(3)18(28)23(15)2)25(17)9-11-4-5-12(19)13(20)8-11/h4-5,8,10,26H,6-7,9H2,1-3H3,(H,21,22)/t10-/m0/s1. The smallest absolute Gasteiger partial charge is 0.332 e. The zero-order valence-corrected chi connectivity index (χ0v) is 17.3. The first-order valence-electron chi connectivity index (χ1n) is 8.72. The number of aromatic nitrogens is 4. The normalized spacial score (nSPS) is 12.5. The molecule has 2 N–H and O–H groups in total. The average Bonchev–Trinajstić information content (AvgIpc) is 2.99. The molecule has 1 atom stereocenters. The molecule has 0 amide bonds. The lowest BCUT2D eigenvalue weighted by molar-refractivity contribution is 0.282. The summed E-state index contributed by atoms with van der Waals surface area (Å²) in [6.45, 7) is 2.21. The molecule has 1 aromatic carbocycles. The van der Waals surface area contributed by atoms with Gasteiger partial charge in [-0.1, -0.05) is 29.3 Å². The molecule has 0 bridgehead atoms. The molecule has 2 aromatic heterocycles. The van der Waals surface area contributed by atoms with E-state index >= 15 is 0 Å². The summed E-state index contributed by atoms with van der Waals surface area (Å²) < 4.78 is 4.10. The summed E-state index contributed by atoms with van der Waals surface area (Å²) in [4.78, 5) is 29.6. The van der Waals surface area contributed by atoms with Crippen LogP contribution in [0.25, 0.3) is 11.2 Å². The molecule has 0 saturated carbocycles. The maximum absolute atomic E-state index is 12.8. The number of benzene rings is 1. The lowest BCUT2D eigenvalue weighted by atomic mass is 10.2. The Bertz CT molecular complexity index is 1150. The van der Waals surface area contributed by atoms with E-state index < -0.39 is 11.2 Å². The number of nitrogens with one attached hydrogen (secondary N) is 1. The van der Waals surface area contributed by atoms with Crippen LogP contribution in [-0.2, 0) is 20.6 Å². The van der Waals surface area contributed by atoms with Crippen molar-refractivity contribution in [1.29, 1.82) is 0 Å². The number of fused-ring (bicyclic) bond motifs is 1. The molecule has 0 radical (unpaired) electrons. The second-order valence-electron chi connectivity index (χ2n) is 6.71. The van der Waals surface area contributed by atoms with Gasteiger partial charge >= 0.3 is 5.69 Å². The Morgan fingerprint density at radius 3 is 2.54 bits per heavy atom. The van der Waals surface area contributed by atoms with Crippen molar-refractivity contribution in [1.82, 2.24) is 18.7 Å². The van der Waals surface area contributed by atoms with Crippen LogP contribution in [0.1, 0.15) is 18.9 Å². The van der Waals surface area contributed by atoms with Gasteiger partial charge in [-0.2, -0.15) is 4.98 Å². The largest absolute Gasteiger partial charge is 0.396 e. The molecule has 0 unspecified atom stereocenters. The van der Waals surface area contributed by atoms with Crippen molar-refractivity contribution in [2.75, 3.05) is 11.9 Å². The molecule has 3 aromatic rings.